The van der Waals surface area contributed by atoms with E-state index in [-0.39, 0.29) is 0 Å². The number of pyridine rings is 1. The Labute approximate surface area is 79.6 Å². The largest absolute Gasteiger partial charge is 0.356 e. The molecule has 1 aromatic rings. The van der Waals surface area contributed by atoms with Gasteiger partial charge in [-0.05, 0) is 24.0 Å². The summed E-state index contributed by atoms with van der Waals surface area (Å²) in [6, 6.07) is 6.10. The van der Waals surface area contributed by atoms with Crippen molar-refractivity contribution < 1.29 is 0 Å². The maximum atomic E-state index is 4.36. The standard InChI is InChI=1S/C11H16N2/c1-9-7-13(8-10(9)2)11-5-3-4-6-12-11/h3-6,9-10H,7-8H2,1-2H3. The third-order valence-electron chi connectivity index (χ3n) is 2.96. The van der Waals surface area contributed by atoms with Crippen molar-refractivity contribution in [2.45, 2.75) is 13.8 Å². The first-order valence-corrected chi connectivity index (χ1v) is 4.93. The number of nitrogens with zero attached hydrogens (tertiary/aromatic N) is 2. The second kappa shape index (κ2) is 3.36. The van der Waals surface area contributed by atoms with Crippen LogP contribution in [0.15, 0.2) is 24.4 Å². The monoisotopic (exact) mass is 176 g/mol. The summed E-state index contributed by atoms with van der Waals surface area (Å²) in [5.41, 5.74) is 0. The number of aromatic nitrogens is 1. The summed E-state index contributed by atoms with van der Waals surface area (Å²) in [7, 11) is 0. The summed E-state index contributed by atoms with van der Waals surface area (Å²) >= 11 is 0. The predicted molar refractivity (Wildman–Crippen MR) is 54.8 cm³/mol. The molecule has 0 bridgehead atoms. The van der Waals surface area contributed by atoms with Crippen LogP contribution in [0.4, 0.5) is 5.82 Å². The Hall–Kier alpha value is -1.05. The molecule has 2 unspecified atom stereocenters. The van der Waals surface area contributed by atoms with Crippen molar-refractivity contribution in [2.24, 2.45) is 11.8 Å². The van der Waals surface area contributed by atoms with E-state index in [1.807, 2.05) is 12.3 Å². The third-order valence-corrected chi connectivity index (χ3v) is 2.96. The van der Waals surface area contributed by atoms with Gasteiger partial charge < -0.3 is 4.90 Å². The van der Waals surface area contributed by atoms with Crippen molar-refractivity contribution in [3.63, 3.8) is 0 Å². The lowest BCUT2D eigenvalue weighted by Gasteiger charge is -2.16. The Morgan fingerprint density at radius 1 is 1.23 bits per heavy atom. The summed E-state index contributed by atoms with van der Waals surface area (Å²) in [5.74, 6) is 2.71. The molecular formula is C11H16N2. The molecule has 0 aliphatic carbocycles. The molecule has 0 spiro atoms. The average Bonchev–Trinajstić information content (AvgIpc) is 2.49. The fraction of sp³-hybridized carbons (Fsp3) is 0.545. The zero-order valence-corrected chi connectivity index (χ0v) is 8.27. The highest BCUT2D eigenvalue weighted by molar-refractivity contribution is 5.39. The first-order valence-electron chi connectivity index (χ1n) is 4.93. The maximum absolute atomic E-state index is 4.36. The molecule has 1 aliphatic heterocycles. The molecular weight excluding hydrogens is 160 g/mol. The fourth-order valence-corrected chi connectivity index (χ4v) is 1.86. The van der Waals surface area contributed by atoms with E-state index in [2.05, 4.69) is 35.9 Å². The molecule has 0 N–H and O–H groups in total. The first kappa shape index (κ1) is 8.54. The van der Waals surface area contributed by atoms with Gasteiger partial charge in [-0.1, -0.05) is 19.9 Å². The summed E-state index contributed by atoms with van der Waals surface area (Å²) in [5, 5.41) is 0. The van der Waals surface area contributed by atoms with Crippen LogP contribution in [0.5, 0.6) is 0 Å². The van der Waals surface area contributed by atoms with E-state index in [9.17, 15) is 0 Å². The summed E-state index contributed by atoms with van der Waals surface area (Å²) < 4.78 is 0. The van der Waals surface area contributed by atoms with Gasteiger partial charge in [-0.15, -0.1) is 0 Å². The van der Waals surface area contributed by atoms with Gasteiger partial charge in [0.05, 0.1) is 0 Å². The molecule has 1 aromatic heterocycles. The summed E-state index contributed by atoms with van der Waals surface area (Å²) in [4.78, 5) is 6.73. The van der Waals surface area contributed by atoms with Gasteiger partial charge in [-0.3, -0.25) is 0 Å². The van der Waals surface area contributed by atoms with Crippen molar-refractivity contribution in [3.05, 3.63) is 24.4 Å². The lowest BCUT2D eigenvalue weighted by molar-refractivity contribution is 0.494. The SMILES string of the molecule is CC1CN(c2ccccn2)CC1C. The summed E-state index contributed by atoms with van der Waals surface area (Å²) in [6.07, 6.45) is 1.86. The van der Waals surface area contributed by atoms with Crippen molar-refractivity contribution in [2.75, 3.05) is 18.0 Å². The molecule has 2 rings (SSSR count). The van der Waals surface area contributed by atoms with Crippen LogP contribution in [-0.4, -0.2) is 18.1 Å². The van der Waals surface area contributed by atoms with Crippen molar-refractivity contribution in [1.82, 2.24) is 4.98 Å². The Bertz CT molecular complexity index is 261. The quantitative estimate of drug-likeness (QED) is 0.652. The van der Waals surface area contributed by atoms with Gasteiger partial charge in [0.1, 0.15) is 5.82 Å². The molecule has 2 nitrogen and oxygen atoms in total. The molecule has 0 aromatic carbocycles. The van der Waals surface area contributed by atoms with Crippen LogP contribution in [0.2, 0.25) is 0 Å². The van der Waals surface area contributed by atoms with Gasteiger partial charge in [0.2, 0.25) is 0 Å². The van der Waals surface area contributed by atoms with Crippen LogP contribution in [0, 0.1) is 11.8 Å². The van der Waals surface area contributed by atoms with Crippen LogP contribution in [0.3, 0.4) is 0 Å². The van der Waals surface area contributed by atoms with Crippen LogP contribution in [0.1, 0.15) is 13.8 Å². The lowest BCUT2D eigenvalue weighted by atomic mass is 10.0. The average molecular weight is 176 g/mol. The molecule has 2 heterocycles. The topological polar surface area (TPSA) is 16.1 Å². The molecule has 1 saturated heterocycles. The first-order chi connectivity index (χ1) is 6.27. The minimum absolute atomic E-state index is 0.794. The molecule has 2 atom stereocenters. The lowest BCUT2D eigenvalue weighted by Crippen LogP contribution is -2.20. The van der Waals surface area contributed by atoms with E-state index >= 15 is 0 Å². The molecule has 0 radical (unpaired) electrons. The summed E-state index contributed by atoms with van der Waals surface area (Å²) in [6.45, 7) is 6.93. The number of anilines is 1. The van der Waals surface area contributed by atoms with Crippen LogP contribution >= 0.6 is 0 Å². The highest BCUT2D eigenvalue weighted by Crippen LogP contribution is 2.25. The van der Waals surface area contributed by atoms with Crippen LogP contribution in [0.25, 0.3) is 0 Å². The minimum Gasteiger partial charge on any atom is -0.356 e. The number of hydrogen-bond acceptors (Lipinski definition) is 2. The Kier molecular flexibility index (Phi) is 2.21. The van der Waals surface area contributed by atoms with E-state index in [0.29, 0.717) is 0 Å². The van der Waals surface area contributed by atoms with Gasteiger partial charge in [-0.25, -0.2) is 4.98 Å². The van der Waals surface area contributed by atoms with Crippen LogP contribution < -0.4 is 4.90 Å². The molecule has 1 aliphatic rings. The van der Waals surface area contributed by atoms with E-state index < -0.39 is 0 Å². The van der Waals surface area contributed by atoms with Crippen molar-refractivity contribution in [1.29, 1.82) is 0 Å². The second-order valence-corrected chi connectivity index (χ2v) is 4.05. The maximum Gasteiger partial charge on any atom is 0.128 e. The van der Waals surface area contributed by atoms with E-state index in [1.165, 1.54) is 0 Å². The van der Waals surface area contributed by atoms with Crippen molar-refractivity contribution in [3.8, 4) is 0 Å². The van der Waals surface area contributed by atoms with Crippen LogP contribution in [-0.2, 0) is 0 Å². The molecule has 0 saturated carbocycles. The van der Waals surface area contributed by atoms with Gasteiger partial charge in [0.15, 0.2) is 0 Å². The third kappa shape index (κ3) is 1.67. The highest BCUT2D eigenvalue weighted by Gasteiger charge is 2.26. The van der Waals surface area contributed by atoms with Gasteiger partial charge in [0, 0.05) is 19.3 Å². The highest BCUT2D eigenvalue weighted by atomic mass is 15.2. The van der Waals surface area contributed by atoms with Crippen molar-refractivity contribution >= 4 is 5.82 Å². The number of rotatable bonds is 1. The number of hydrogen-bond donors (Lipinski definition) is 0. The second-order valence-electron chi connectivity index (χ2n) is 4.05. The predicted octanol–water partition coefficient (Wildman–Crippen LogP) is 2.17. The zero-order chi connectivity index (χ0) is 9.26. The molecule has 13 heavy (non-hydrogen) atoms. The minimum atomic E-state index is 0.794. The normalized spacial score (nSPS) is 28.0. The van der Waals surface area contributed by atoms with Gasteiger partial charge in [-0.2, -0.15) is 0 Å². The molecule has 1 fully saturated rings. The smallest absolute Gasteiger partial charge is 0.128 e. The molecule has 70 valence electrons. The zero-order valence-electron chi connectivity index (χ0n) is 8.27. The van der Waals surface area contributed by atoms with Gasteiger partial charge in [0.25, 0.3) is 0 Å². The van der Waals surface area contributed by atoms with E-state index in [4.69, 9.17) is 0 Å². The Morgan fingerprint density at radius 2 is 1.92 bits per heavy atom. The molecule has 2 heteroatoms. The Morgan fingerprint density at radius 3 is 2.46 bits per heavy atom. The van der Waals surface area contributed by atoms with Gasteiger partial charge >= 0.3 is 0 Å². The molecule has 0 amide bonds. The van der Waals surface area contributed by atoms with E-state index in [1.54, 1.807) is 0 Å². The Balaban J connectivity index is 2.12. The van der Waals surface area contributed by atoms with E-state index in [0.717, 1.165) is 30.7 Å². The fourth-order valence-electron chi connectivity index (χ4n) is 1.86.